The van der Waals surface area contributed by atoms with Crippen molar-refractivity contribution in [1.29, 1.82) is 0 Å². The molecular formula is C16H15FO3. The van der Waals surface area contributed by atoms with Crippen LogP contribution >= 0.6 is 0 Å². The maximum Gasteiger partial charge on any atom is 0.307 e. The van der Waals surface area contributed by atoms with Crippen molar-refractivity contribution < 1.29 is 19.0 Å². The Morgan fingerprint density at radius 1 is 1.20 bits per heavy atom. The number of aliphatic carboxylic acids is 1. The van der Waals surface area contributed by atoms with Crippen molar-refractivity contribution in [1.82, 2.24) is 0 Å². The highest BCUT2D eigenvalue weighted by Gasteiger charge is 2.08. The normalized spacial score (nSPS) is 10.3. The number of ether oxygens (including phenoxy) is 1. The van der Waals surface area contributed by atoms with Crippen LogP contribution in [0, 0.1) is 12.7 Å². The third-order valence-corrected chi connectivity index (χ3v) is 3.00. The zero-order valence-electron chi connectivity index (χ0n) is 11.1. The molecule has 0 aliphatic heterocycles. The van der Waals surface area contributed by atoms with Gasteiger partial charge >= 0.3 is 5.97 Å². The average Bonchev–Trinajstić information content (AvgIpc) is 2.39. The highest BCUT2D eigenvalue weighted by Crippen LogP contribution is 2.21. The minimum Gasteiger partial charge on any atom is -0.489 e. The molecule has 0 saturated carbocycles. The quantitative estimate of drug-likeness (QED) is 0.909. The first-order valence-electron chi connectivity index (χ1n) is 6.24. The minimum atomic E-state index is -0.904. The van der Waals surface area contributed by atoms with Gasteiger partial charge in [0, 0.05) is 5.56 Å². The molecule has 0 radical (unpaired) electrons. The molecule has 3 nitrogen and oxygen atoms in total. The Hall–Kier alpha value is -2.36. The first-order valence-corrected chi connectivity index (χ1v) is 6.24. The van der Waals surface area contributed by atoms with Gasteiger partial charge in [-0.3, -0.25) is 4.79 Å². The van der Waals surface area contributed by atoms with E-state index in [9.17, 15) is 9.18 Å². The van der Waals surface area contributed by atoms with E-state index in [1.807, 2.05) is 6.92 Å². The fourth-order valence-corrected chi connectivity index (χ4v) is 1.93. The van der Waals surface area contributed by atoms with Crippen molar-refractivity contribution >= 4 is 5.97 Å². The number of aryl methyl sites for hydroxylation is 1. The minimum absolute atomic E-state index is 0.0847. The Kier molecular flexibility index (Phi) is 4.35. The summed E-state index contributed by atoms with van der Waals surface area (Å²) in [5.41, 5.74) is 2.30. The summed E-state index contributed by atoms with van der Waals surface area (Å²) in [7, 11) is 0. The van der Waals surface area contributed by atoms with Crippen LogP contribution in [-0.2, 0) is 17.8 Å². The Balaban J connectivity index is 2.12. The summed E-state index contributed by atoms with van der Waals surface area (Å²) in [5, 5.41) is 8.85. The predicted octanol–water partition coefficient (Wildman–Crippen LogP) is 3.34. The van der Waals surface area contributed by atoms with Gasteiger partial charge < -0.3 is 9.84 Å². The molecule has 0 aliphatic rings. The van der Waals surface area contributed by atoms with Crippen LogP contribution in [0.2, 0.25) is 0 Å². The zero-order chi connectivity index (χ0) is 14.5. The summed E-state index contributed by atoms with van der Waals surface area (Å²) in [4.78, 5) is 10.8. The number of benzene rings is 2. The van der Waals surface area contributed by atoms with Crippen molar-refractivity contribution in [3.8, 4) is 5.75 Å². The number of rotatable bonds is 5. The van der Waals surface area contributed by atoms with Crippen LogP contribution in [0.15, 0.2) is 42.5 Å². The van der Waals surface area contributed by atoms with Crippen molar-refractivity contribution in [2.45, 2.75) is 20.0 Å². The summed E-state index contributed by atoms with van der Waals surface area (Å²) in [6, 6.07) is 11.5. The molecule has 2 aromatic carbocycles. The number of carboxylic acid groups (broad SMARTS) is 1. The number of carboxylic acids is 1. The van der Waals surface area contributed by atoms with Gasteiger partial charge in [0.1, 0.15) is 18.2 Å². The summed E-state index contributed by atoms with van der Waals surface area (Å²) in [6.07, 6.45) is -0.0847. The van der Waals surface area contributed by atoms with E-state index in [4.69, 9.17) is 9.84 Å². The smallest absolute Gasteiger partial charge is 0.307 e. The van der Waals surface area contributed by atoms with E-state index < -0.39 is 5.97 Å². The molecule has 2 aromatic rings. The molecular weight excluding hydrogens is 259 g/mol. The topological polar surface area (TPSA) is 46.5 Å². The Morgan fingerprint density at radius 3 is 2.65 bits per heavy atom. The lowest BCUT2D eigenvalue weighted by Gasteiger charge is -2.11. The third-order valence-electron chi connectivity index (χ3n) is 3.00. The van der Waals surface area contributed by atoms with E-state index in [0.29, 0.717) is 11.3 Å². The summed E-state index contributed by atoms with van der Waals surface area (Å²) in [5.74, 6) is -0.643. The molecule has 0 amide bonds. The molecule has 0 fully saturated rings. The van der Waals surface area contributed by atoms with Crippen LogP contribution in [-0.4, -0.2) is 11.1 Å². The number of halogens is 1. The van der Waals surface area contributed by atoms with E-state index in [1.165, 1.54) is 12.1 Å². The lowest BCUT2D eigenvalue weighted by atomic mass is 10.1. The first kappa shape index (κ1) is 14.1. The predicted molar refractivity (Wildman–Crippen MR) is 73.3 cm³/mol. The standard InChI is InChI=1S/C16H15FO3/c1-11-8-14(17)7-6-13(11)10-20-15-5-3-2-4-12(15)9-16(18)19/h2-8H,9-10H2,1H3,(H,18,19). The number of hydrogen-bond donors (Lipinski definition) is 1. The van der Waals surface area contributed by atoms with Crippen LogP contribution in [0.25, 0.3) is 0 Å². The van der Waals surface area contributed by atoms with Gasteiger partial charge in [0.2, 0.25) is 0 Å². The van der Waals surface area contributed by atoms with Gasteiger partial charge in [-0.25, -0.2) is 4.39 Å². The van der Waals surface area contributed by atoms with Crippen molar-refractivity contribution in [3.05, 3.63) is 65.0 Å². The number of carbonyl (C=O) groups is 1. The summed E-state index contributed by atoms with van der Waals surface area (Å²) >= 11 is 0. The van der Waals surface area contributed by atoms with Crippen LogP contribution < -0.4 is 4.74 Å². The van der Waals surface area contributed by atoms with Gasteiger partial charge in [0.05, 0.1) is 6.42 Å². The van der Waals surface area contributed by atoms with Crippen LogP contribution in [0.4, 0.5) is 4.39 Å². The van der Waals surface area contributed by atoms with Gasteiger partial charge in [-0.15, -0.1) is 0 Å². The molecule has 0 atom stereocenters. The van der Waals surface area contributed by atoms with Gasteiger partial charge in [0.25, 0.3) is 0 Å². The third kappa shape index (κ3) is 3.57. The lowest BCUT2D eigenvalue weighted by molar-refractivity contribution is -0.136. The maximum atomic E-state index is 13.0. The fraction of sp³-hybridized carbons (Fsp3) is 0.188. The van der Waals surface area contributed by atoms with Gasteiger partial charge in [-0.1, -0.05) is 24.3 Å². The molecule has 0 aliphatic carbocycles. The molecule has 0 spiro atoms. The number of hydrogen-bond acceptors (Lipinski definition) is 2. The second-order valence-electron chi connectivity index (χ2n) is 4.54. The van der Waals surface area contributed by atoms with E-state index >= 15 is 0 Å². The van der Waals surface area contributed by atoms with Crippen LogP contribution in [0.5, 0.6) is 5.75 Å². The van der Waals surface area contributed by atoms with Crippen LogP contribution in [0.1, 0.15) is 16.7 Å². The second kappa shape index (κ2) is 6.19. The number of para-hydroxylation sites is 1. The van der Waals surface area contributed by atoms with E-state index in [0.717, 1.165) is 11.1 Å². The molecule has 1 N–H and O–H groups in total. The Bertz CT molecular complexity index is 623. The lowest BCUT2D eigenvalue weighted by Crippen LogP contribution is -2.04. The molecule has 2 rings (SSSR count). The van der Waals surface area contributed by atoms with Gasteiger partial charge in [-0.05, 0) is 36.2 Å². The fourth-order valence-electron chi connectivity index (χ4n) is 1.93. The molecule has 0 saturated heterocycles. The highest BCUT2D eigenvalue weighted by molar-refractivity contribution is 5.71. The molecule has 104 valence electrons. The highest BCUT2D eigenvalue weighted by atomic mass is 19.1. The SMILES string of the molecule is Cc1cc(F)ccc1COc1ccccc1CC(=O)O. The first-order chi connectivity index (χ1) is 9.56. The molecule has 4 heteroatoms. The van der Waals surface area contributed by atoms with E-state index in [-0.39, 0.29) is 18.8 Å². The maximum absolute atomic E-state index is 13.0. The molecule has 0 bridgehead atoms. The molecule has 0 aromatic heterocycles. The Labute approximate surface area is 116 Å². The monoisotopic (exact) mass is 274 g/mol. The zero-order valence-corrected chi connectivity index (χ0v) is 11.1. The molecule has 0 unspecified atom stereocenters. The second-order valence-corrected chi connectivity index (χ2v) is 4.54. The summed E-state index contributed by atoms with van der Waals surface area (Å²) in [6.45, 7) is 2.09. The molecule has 0 heterocycles. The average molecular weight is 274 g/mol. The van der Waals surface area contributed by atoms with Crippen LogP contribution in [0.3, 0.4) is 0 Å². The van der Waals surface area contributed by atoms with Crippen molar-refractivity contribution in [2.24, 2.45) is 0 Å². The van der Waals surface area contributed by atoms with Gasteiger partial charge in [-0.2, -0.15) is 0 Å². The largest absolute Gasteiger partial charge is 0.489 e. The molecule has 20 heavy (non-hydrogen) atoms. The summed E-state index contributed by atoms with van der Waals surface area (Å²) < 4.78 is 18.7. The van der Waals surface area contributed by atoms with Crippen molar-refractivity contribution in [3.63, 3.8) is 0 Å². The van der Waals surface area contributed by atoms with E-state index in [1.54, 1.807) is 30.3 Å². The van der Waals surface area contributed by atoms with Gasteiger partial charge in [0.15, 0.2) is 0 Å². The Morgan fingerprint density at radius 2 is 1.95 bits per heavy atom. The van der Waals surface area contributed by atoms with Crippen molar-refractivity contribution in [2.75, 3.05) is 0 Å². The van der Waals surface area contributed by atoms with E-state index in [2.05, 4.69) is 0 Å².